The average Bonchev–Trinajstić information content (AvgIpc) is 2.97. The highest BCUT2D eigenvalue weighted by molar-refractivity contribution is 7.89. The monoisotopic (exact) mass is 402 g/mol. The predicted octanol–water partition coefficient (Wildman–Crippen LogP) is 1.71. The molecule has 0 spiro atoms. The number of hydrogen-bond acceptors (Lipinski definition) is 5. The number of amides is 1. The first-order valence-electron chi connectivity index (χ1n) is 9.20. The molecule has 2 aliphatic heterocycles. The average molecular weight is 402 g/mol. The maximum absolute atomic E-state index is 13.4. The van der Waals surface area contributed by atoms with Crippen LogP contribution >= 0.6 is 0 Å². The van der Waals surface area contributed by atoms with E-state index in [0.717, 1.165) is 17.5 Å². The van der Waals surface area contributed by atoms with Crippen molar-refractivity contribution in [3.05, 3.63) is 53.6 Å². The number of ether oxygens (including phenoxy) is 2. The number of sulfonamides is 1. The number of likely N-dealkylation sites (N-methyl/N-ethyl adjacent to an activating group) is 1. The van der Waals surface area contributed by atoms with Crippen LogP contribution in [0.25, 0.3) is 0 Å². The second-order valence-corrected chi connectivity index (χ2v) is 8.70. The van der Waals surface area contributed by atoms with E-state index in [4.69, 9.17) is 9.47 Å². The fourth-order valence-electron chi connectivity index (χ4n) is 3.58. The highest BCUT2D eigenvalue weighted by atomic mass is 32.2. The molecule has 4 rings (SSSR count). The quantitative estimate of drug-likeness (QED) is 0.845. The maximum Gasteiger partial charge on any atom is 0.244 e. The number of benzene rings is 2. The van der Waals surface area contributed by atoms with Crippen LogP contribution in [0.1, 0.15) is 17.5 Å². The van der Waals surface area contributed by atoms with Gasteiger partial charge in [-0.1, -0.05) is 24.3 Å². The smallest absolute Gasteiger partial charge is 0.244 e. The molecule has 0 aromatic heterocycles. The molecule has 2 aliphatic rings. The summed E-state index contributed by atoms with van der Waals surface area (Å²) in [5.74, 6) is 0.614. The van der Waals surface area contributed by atoms with Gasteiger partial charge in [0.05, 0.1) is 18.1 Å². The zero-order chi connectivity index (χ0) is 19.7. The summed E-state index contributed by atoms with van der Waals surface area (Å²) in [7, 11) is -2.40. The lowest BCUT2D eigenvalue weighted by Gasteiger charge is -2.34. The molecule has 2 aromatic rings. The van der Waals surface area contributed by atoms with Crippen molar-refractivity contribution in [3.8, 4) is 11.5 Å². The molecule has 0 saturated carbocycles. The number of rotatable bonds is 3. The van der Waals surface area contributed by atoms with Gasteiger partial charge in [-0.2, -0.15) is 4.31 Å². The lowest BCUT2D eigenvalue weighted by atomic mass is 9.95. The molecular weight excluding hydrogens is 380 g/mol. The molecule has 2 aromatic carbocycles. The minimum atomic E-state index is -3.92. The van der Waals surface area contributed by atoms with Crippen LogP contribution in [-0.4, -0.2) is 44.9 Å². The van der Waals surface area contributed by atoms with E-state index in [9.17, 15) is 13.2 Å². The SMILES string of the molecule is CNC(=O)C1Cc2ccccc2CN1S(=O)(=O)c1ccc2c(c1)OCCCO2. The molecule has 0 aliphatic carbocycles. The molecule has 1 atom stereocenters. The van der Waals surface area contributed by atoms with Crippen LogP contribution in [0.5, 0.6) is 11.5 Å². The Morgan fingerprint density at radius 1 is 1.07 bits per heavy atom. The Kier molecular flexibility index (Phi) is 4.99. The lowest BCUT2D eigenvalue weighted by Crippen LogP contribution is -2.51. The first kappa shape index (κ1) is 18.8. The third kappa shape index (κ3) is 3.33. The molecule has 2 heterocycles. The van der Waals surface area contributed by atoms with Crippen molar-refractivity contribution in [2.24, 2.45) is 0 Å². The molecule has 8 heteroatoms. The van der Waals surface area contributed by atoms with E-state index >= 15 is 0 Å². The largest absolute Gasteiger partial charge is 0.490 e. The van der Waals surface area contributed by atoms with Crippen LogP contribution < -0.4 is 14.8 Å². The van der Waals surface area contributed by atoms with Crippen molar-refractivity contribution in [1.82, 2.24) is 9.62 Å². The Morgan fingerprint density at radius 3 is 2.54 bits per heavy atom. The number of carbonyl (C=O) groups is 1. The van der Waals surface area contributed by atoms with Gasteiger partial charge in [-0.05, 0) is 29.7 Å². The van der Waals surface area contributed by atoms with Gasteiger partial charge in [-0.3, -0.25) is 4.79 Å². The van der Waals surface area contributed by atoms with E-state index < -0.39 is 16.1 Å². The third-order valence-corrected chi connectivity index (χ3v) is 6.93. The summed E-state index contributed by atoms with van der Waals surface area (Å²) < 4.78 is 39.4. The second kappa shape index (κ2) is 7.44. The Balaban J connectivity index is 1.74. The van der Waals surface area contributed by atoms with Crippen LogP contribution in [-0.2, 0) is 27.8 Å². The van der Waals surface area contributed by atoms with Crippen LogP contribution in [0.3, 0.4) is 0 Å². The number of hydrogen-bond donors (Lipinski definition) is 1. The minimum Gasteiger partial charge on any atom is -0.490 e. The normalized spacial score (nSPS) is 19.4. The second-order valence-electron chi connectivity index (χ2n) is 6.81. The molecule has 1 amide bonds. The predicted molar refractivity (Wildman–Crippen MR) is 103 cm³/mol. The number of nitrogens with one attached hydrogen (secondary N) is 1. The standard InChI is InChI=1S/C20H22N2O5S/c1-21-20(23)17-11-14-5-2-3-6-15(14)13-22(17)28(24,25)16-7-8-18-19(12-16)27-10-4-9-26-18/h2-3,5-8,12,17H,4,9-11,13H2,1H3,(H,21,23). The highest BCUT2D eigenvalue weighted by Gasteiger charge is 2.39. The van der Waals surface area contributed by atoms with E-state index in [1.165, 1.54) is 23.5 Å². The Morgan fingerprint density at radius 2 is 1.79 bits per heavy atom. The van der Waals surface area contributed by atoms with Gasteiger partial charge in [0.15, 0.2) is 11.5 Å². The fourth-order valence-corrected chi connectivity index (χ4v) is 5.16. The molecule has 0 fully saturated rings. The van der Waals surface area contributed by atoms with Gasteiger partial charge in [0.25, 0.3) is 0 Å². The van der Waals surface area contributed by atoms with Gasteiger partial charge in [-0.15, -0.1) is 0 Å². The molecule has 1 N–H and O–H groups in total. The summed E-state index contributed by atoms with van der Waals surface area (Å²) in [6.07, 6.45) is 1.07. The molecule has 7 nitrogen and oxygen atoms in total. The number of nitrogens with zero attached hydrogens (tertiary/aromatic N) is 1. The van der Waals surface area contributed by atoms with Crippen molar-refractivity contribution in [2.75, 3.05) is 20.3 Å². The number of carbonyl (C=O) groups excluding carboxylic acids is 1. The summed E-state index contributed by atoms with van der Waals surface area (Å²) in [5.41, 5.74) is 1.89. The van der Waals surface area contributed by atoms with Crippen molar-refractivity contribution in [1.29, 1.82) is 0 Å². The zero-order valence-electron chi connectivity index (χ0n) is 15.6. The van der Waals surface area contributed by atoms with Gasteiger partial charge in [0.1, 0.15) is 6.04 Å². The van der Waals surface area contributed by atoms with Gasteiger partial charge in [-0.25, -0.2) is 8.42 Å². The van der Waals surface area contributed by atoms with Crippen LogP contribution in [0, 0.1) is 0 Å². The first-order chi connectivity index (χ1) is 13.5. The maximum atomic E-state index is 13.4. The van der Waals surface area contributed by atoms with Gasteiger partial charge < -0.3 is 14.8 Å². The lowest BCUT2D eigenvalue weighted by molar-refractivity contribution is -0.124. The van der Waals surface area contributed by atoms with Gasteiger partial charge in [0.2, 0.25) is 15.9 Å². The van der Waals surface area contributed by atoms with E-state index in [1.54, 1.807) is 6.07 Å². The van der Waals surface area contributed by atoms with Crippen LogP contribution in [0.2, 0.25) is 0 Å². The van der Waals surface area contributed by atoms with Crippen molar-refractivity contribution >= 4 is 15.9 Å². The highest BCUT2D eigenvalue weighted by Crippen LogP contribution is 2.35. The minimum absolute atomic E-state index is 0.0880. The Hall–Kier alpha value is -2.58. The van der Waals surface area contributed by atoms with Gasteiger partial charge in [0, 0.05) is 26.1 Å². The van der Waals surface area contributed by atoms with Crippen molar-refractivity contribution < 1.29 is 22.7 Å². The molecule has 148 valence electrons. The van der Waals surface area contributed by atoms with Crippen molar-refractivity contribution in [3.63, 3.8) is 0 Å². The van der Waals surface area contributed by atoms with E-state index in [0.29, 0.717) is 31.1 Å². The van der Waals surface area contributed by atoms with E-state index in [2.05, 4.69) is 5.32 Å². The topological polar surface area (TPSA) is 84.9 Å². The third-order valence-electron chi connectivity index (χ3n) is 5.08. The van der Waals surface area contributed by atoms with Crippen LogP contribution in [0.15, 0.2) is 47.4 Å². The molecule has 0 radical (unpaired) electrons. The summed E-state index contributed by atoms with van der Waals surface area (Å²) in [6.45, 7) is 1.14. The van der Waals surface area contributed by atoms with Crippen LogP contribution in [0.4, 0.5) is 0 Å². The molecule has 28 heavy (non-hydrogen) atoms. The summed E-state index contributed by atoms with van der Waals surface area (Å²) in [4.78, 5) is 12.6. The summed E-state index contributed by atoms with van der Waals surface area (Å²) >= 11 is 0. The number of fused-ring (bicyclic) bond motifs is 2. The summed E-state index contributed by atoms with van der Waals surface area (Å²) in [5, 5.41) is 2.59. The zero-order valence-corrected chi connectivity index (χ0v) is 16.4. The fraction of sp³-hybridized carbons (Fsp3) is 0.350. The van der Waals surface area contributed by atoms with Crippen molar-refractivity contribution in [2.45, 2.75) is 30.3 Å². The first-order valence-corrected chi connectivity index (χ1v) is 10.6. The van der Waals surface area contributed by atoms with Gasteiger partial charge >= 0.3 is 0 Å². The van der Waals surface area contributed by atoms with E-state index in [1.807, 2.05) is 24.3 Å². The molecule has 0 bridgehead atoms. The molecule has 1 unspecified atom stereocenters. The Bertz CT molecular complexity index is 1010. The molecule has 0 saturated heterocycles. The summed E-state index contributed by atoms with van der Waals surface area (Å²) in [6, 6.07) is 11.4. The van der Waals surface area contributed by atoms with E-state index in [-0.39, 0.29) is 17.3 Å². The Labute approximate surface area is 164 Å². The molecular formula is C20H22N2O5S.